The zero-order valence-electron chi connectivity index (χ0n) is 14.8. The van der Waals surface area contributed by atoms with Crippen molar-refractivity contribution in [2.45, 2.75) is 50.7 Å². The van der Waals surface area contributed by atoms with Gasteiger partial charge in [0.1, 0.15) is 18.3 Å². The van der Waals surface area contributed by atoms with Gasteiger partial charge in [0.05, 0.1) is 19.8 Å². The fraction of sp³-hybridized carbons (Fsp3) is 0.526. The largest absolute Gasteiger partial charge is 0.454 e. The summed E-state index contributed by atoms with van der Waals surface area (Å²) in [5.74, 6) is -0.518. The second-order valence-corrected chi connectivity index (χ2v) is 5.95. The molecule has 5 atom stereocenters. The Morgan fingerprint density at radius 1 is 1.27 bits per heavy atom. The van der Waals surface area contributed by atoms with E-state index in [1.807, 2.05) is 30.3 Å². The van der Waals surface area contributed by atoms with Gasteiger partial charge in [-0.2, -0.15) is 0 Å². The van der Waals surface area contributed by atoms with Gasteiger partial charge >= 0.3 is 5.97 Å². The van der Waals surface area contributed by atoms with E-state index in [1.54, 1.807) is 6.92 Å². The number of aliphatic hydroxyl groups excluding tert-OH is 2. The standard InChI is InChI=1S/C19H26O7/c1-3-10-24-17-16(21)14(12-23-11-13-8-6-5-7-9-13)25-19(22)18(17)26-15(20)4-2/h3,5-9,14,16-19,21-22H,1,4,10-12H2,2H3/t14-,16-,17+,18-,19-/m1/s1. The van der Waals surface area contributed by atoms with E-state index < -0.39 is 36.7 Å². The van der Waals surface area contributed by atoms with E-state index in [0.29, 0.717) is 6.61 Å². The maximum absolute atomic E-state index is 11.6. The van der Waals surface area contributed by atoms with Gasteiger partial charge in [-0.15, -0.1) is 6.58 Å². The molecule has 1 aromatic carbocycles. The van der Waals surface area contributed by atoms with Crippen LogP contribution in [0.2, 0.25) is 0 Å². The Balaban J connectivity index is 1.98. The molecule has 0 saturated carbocycles. The first-order chi connectivity index (χ1) is 12.6. The zero-order chi connectivity index (χ0) is 18.9. The van der Waals surface area contributed by atoms with Crippen LogP contribution in [0.5, 0.6) is 0 Å². The van der Waals surface area contributed by atoms with Crippen molar-refractivity contribution in [3.05, 3.63) is 48.6 Å². The Hall–Kier alpha value is -1.77. The van der Waals surface area contributed by atoms with Crippen LogP contribution in [0, 0.1) is 0 Å². The molecule has 0 amide bonds. The Morgan fingerprint density at radius 2 is 2.00 bits per heavy atom. The van der Waals surface area contributed by atoms with Crippen molar-refractivity contribution in [1.29, 1.82) is 0 Å². The lowest BCUT2D eigenvalue weighted by molar-refractivity contribution is -0.298. The molecule has 1 aromatic rings. The lowest BCUT2D eigenvalue weighted by Gasteiger charge is -2.41. The fourth-order valence-corrected chi connectivity index (χ4v) is 2.64. The summed E-state index contributed by atoms with van der Waals surface area (Å²) >= 11 is 0. The van der Waals surface area contributed by atoms with Crippen molar-refractivity contribution in [2.24, 2.45) is 0 Å². The minimum absolute atomic E-state index is 0.0511. The zero-order valence-corrected chi connectivity index (χ0v) is 14.8. The number of benzene rings is 1. The Bertz CT molecular complexity index is 562. The second kappa shape index (κ2) is 10.4. The van der Waals surface area contributed by atoms with Crippen LogP contribution in [0.1, 0.15) is 18.9 Å². The van der Waals surface area contributed by atoms with E-state index >= 15 is 0 Å². The van der Waals surface area contributed by atoms with Crippen LogP contribution in [-0.2, 0) is 30.3 Å². The van der Waals surface area contributed by atoms with Gasteiger partial charge in [-0.25, -0.2) is 0 Å². The molecule has 0 radical (unpaired) electrons. The summed E-state index contributed by atoms with van der Waals surface area (Å²) in [7, 11) is 0. The molecule has 1 fully saturated rings. The quantitative estimate of drug-likeness (QED) is 0.500. The first-order valence-corrected chi connectivity index (χ1v) is 8.62. The van der Waals surface area contributed by atoms with Crippen LogP contribution >= 0.6 is 0 Å². The van der Waals surface area contributed by atoms with Gasteiger partial charge in [0.25, 0.3) is 0 Å². The maximum Gasteiger partial charge on any atom is 0.306 e. The summed E-state index contributed by atoms with van der Waals surface area (Å²) < 4.78 is 21.7. The highest BCUT2D eigenvalue weighted by Crippen LogP contribution is 2.26. The molecule has 1 aliphatic rings. The fourth-order valence-electron chi connectivity index (χ4n) is 2.64. The molecule has 2 rings (SSSR count). The number of hydrogen-bond acceptors (Lipinski definition) is 7. The van der Waals surface area contributed by atoms with Crippen molar-refractivity contribution in [2.75, 3.05) is 13.2 Å². The summed E-state index contributed by atoms with van der Waals surface area (Å²) in [6, 6.07) is 9.56. The highest BCUT2D eigenvalue weighted by molar-refractivity contribution is 5.69. The first-order valence-electron chi connectivity index (χ1n) is 8.62. The Labute approximate surface area is 153 Å². The van der Waals surface area contributed by atoms with Gasteiger partial charge in [0, 0.05) is 6.42 Å². The molecule has 1 heterocycles. The topological polar surface area (TPSA) is 94.5 Å². The molecular weight excluding hydrogens is 340 g/mol. The average molecular weight is 366 g/mol. The van der Waals surface area contributed by atoms with E-state index in [2.05, 4.69) is 6.58 Å². The van der Waals surface area contributed by atoms with Crippen molar-refractivity contribution >= 4 is 5.97 Å². The predicted molar refractivity (Wildman–Crippen MR) is 93.1 cm³/mol. The molecular formula is C19H26O7. The van der Waals surface area contributed by atoms with Crippen molar-refractivity contribution in [1.82, 2.24) is 0 Å². The highest BCUT2D eigenvalue weighted by atomic mass is 16.7. The normalized spacial score (nSPS) is 28.5. The van der Waals surface area contributed by atoms with Gasteiger partial charge < -0.3 is 29.2 Å². The predicted octanol–water partition coefficient (Wildman–Crippen LogP) is 1.17. The lowest BCUT2D eigenvalue weighted by atomic mass is 9.98. The van der Waals surface area contributed by atoms with Crippen LogP contribution < -0.4 is 0 Å². The third kappa shape index (κ3) is 5.62. The van der Waals surface area contributed by atoms with E-state index in [0.717, 1.165) is 5.56 Å². The molecule has 1 aliphatic heterocycles. The van der Waals surface area contributed by atoms with Gasteiger partial charge in [-0.1, -0.05) is 43.3 Å². The average Bonchev–Trinajstić information content (AvgIpc) is 2.65. The minimum Gasteiger partial charge on any atom is -0.454 e. The van der Waals surface area contributed by atoms with Crippen LogP contribution in [0.4, 0.5) is 0 Å². The summed E-state index contributed by atoms with van der Waals surface area (Å²) in [5, 5.41) is 20.8. The van der Waals surface area contributed by atoms with E-state index in [1.165, 1.54) is 6.08 Å². The van der Waals surface area contributed by atoms with Gasteiger partial charge in [-0.3, -0.25) is 4.79 Å². The molecule has 7 heteroatoms. The summed E-state index contributed by atoms with van der Waals surface area (Å²) in [4.78, 5) is 11.6. The van der Waals surface area contributed by atoms with Crippen LogP contribution in [0.15, 0.2) is 43.0 Å². The molecule has 0 aromatic heterocycles. The number of carbonyl (C=O) groups excluding carboxylic acids is 1. The maximum atomic E-state index is 11.6. The number of carbonyl (C=O) groups is 1. The molecule has 144 valence electrons. The molecule has 0 bridgehead atoms. The van der Waals surface area contributed by atoms with E-state index in [-0.39, 0.29) is 19.6 Å². The number of rotatable bonds is 9. The molecule has 0 spiro atoms. The second-order valence-electron chi connectivity index (χ2n) is 5.95. The molecule has 2 N–H and O–H groups in total. The highest BCUT2D eigenvalue weighted by Gasteiger charge is 2.47. The van der Waals surface area contributed by atoms with Gasteiger partial charge in [-0.05, 0) is 5.56 Å². The van der Waals surface area contributed by atoms with Crippen molar-refractivity contribution < 1.29 is 34.0 Å². The Morgan fingerprint density at radius 3 is 2.65 bits per heavy atom. The monoisotopic (exact) mass is 366 g/mol. The summed E-state index contributed by atoms with van der Waals surface area (Å²) in [6.45, 7) is 5.72. The van der Waals surface area contributed by atoms with Crippen LogP contribution in [-0.4, -0.2) is 60.1 Å². The van der Waals surface area contributed by atoms with Gasteiger partial charge in [0.15, 0.2) is 12.4 Å². The third-order valence-electron chi connectivity index (χ3n) is 3.99. The third-order valence-corrected chi connectivity index (χ3v) is 3.99. The number of esters is 1. The van der Waals surface area contributed by atoms with Crippen molar-refractivity contribution in [3.63, 3.8) is 0 Å². The summed E-state index contributed by atoms with van der Waals surface area (Å²) in [6.07, 6.45) is -3.80. The van der Waals surface area contributed by atoms with E-state index in [9.17, 15) is 15.0 Å². The SMILES string of the molecule is C=CCO[C@H]1[C@H](O)[C@@H](COCc2ccccc2)O[C@@H](O)[C@@H]1OC(=O)CC. The molecule has 1 saturated heterocycles. The molecule has 7 nitrogen and oxygen atoms in total. The smallest absolute Gasteiger partial charge is 0.306 e. The van der Waals surface area contributed by atoms with Crippen LogP contribution in [0.25, 0.3) is 0 Å². The van der Waals surface area contributed by atoms with Crippen molar-refractivity contribution in [3.8, 4) is 0 Å². The van der Waals surface area contributed by atoms with E-state index in [4.69, 9.17) is 18.9 Å². The number of aliphatic hydroxyl groups is 2. The molecule has 0 unspecified atom stereocenters. The minimum atomic E-state index is -1.42. The molecule has 26 heavy (non-hydrogen) atoms. The lowest BCUT2D eigenvalue weighted by Crippen LogP contribution is -2.60. The van der Waals surface area contributed by atoms with Crippen LogP contribution in [0.3, 0.4) is 0 Å². The number of ether oxygens (including phenoxy) is 4. The first kappa shape index (κ1) is 20.5. The number of hydrogen-bond donors (Lipinski definition) is 2. The Kier molecular flexibility index (Phi) is 8.21. The van der Waals surface area contributed by atoms with Gasteiger partial charge in [0.2, 0.25) is 0 Å². The summed E-state index contributed by atoms with van der Waals surface area (Å²) in [5.41, 5.74) is 0.979. The molecule has 0 aliphatic carbocycles.